The van der Waals surface area contributed by atoms with E-state index in [0.717, 1.165) is 10.9 Å². The van der Waals surface area contributed by atoms with Gasteiger partial charge in [0.2, 0.25) is 0 Å². The van der Waals surface area contributed by atoms with E-state index in [4.69, 9.17) is 5.73 Å². The summed E-state index contributed by atoms with van der Waals surface area (Å²) in [7, 11) is 0. The highest BCUT2D eigenvalue weighted by Crippen LogP contribution is 2.20. The van der Waals surface area contributed by atoms with Gasteiger partial charge in [0.15, 0.2) is 0 Å². The number of aromatic nitrogens is 2. The van der Waals surface area contributed by atoms with Crippen molar-refractivity contribution in [1.29, 1.82) is 0 Å². The first kappa shape index (κ1) is 12.4. The zero-order chi connectivity index (χ0) is 13.3. The van der Waals surface area contributed by atoms with E-state index in [9.17, 15) is 18.0 Å². The maximum atomic E-state index is 12.1. The van der Waals surface area contributed by atoms with Crippen molar-refractivity contribution >= 4 is 16.6 Å². The van der Waals surface area contributed by atoms with E-state index in [0.29, 0.717) is 11.2 Å². The molecule has 0 unspecified atom stereocenters. The molecule has 1 heterocycles. The van der Waals surface area contributed by atoms with Gasteiger partial charge in [-0.1, -0.05) is 0 Å². The van der Waals surface area contributed by atoms with Gasteiger partial charge in [-0.25, -0.2) is 4.98 Å². The summed E-state index contributed by atoms with van der Waals surface area (Å²) >= 11 is 0. The fourth-order valence-corrected chi connectivity index (χ4v) is 1.58. The van der Waals surface area contributed by atoms with Crippen molar-refractivity contribution < 1.29 is 13.2 Å². The Kier molecular flexibility index (Phi) is 2.98. The molecule has 0 amide bonds. The molecular weight excluding hydrogens is 247 g/mol. The van der Waals surface area contributed by atoms with Crippen LogP contribution in [0.15, 0.2) is 29.3 Å². The Labute approximate surface area is 99.9 Å². The van der Waals surface area contributed by atoms with E-state index < -0.39 is 24.7 Å². The molecule has 4 nitrogen and oxygen atoms in total. The summed E-state index contributed by atoms with van der Waals surface area (Å²) in [6.07, 6.45) is -4.25. The van der Waals surface area contributed by atoms with Crippen LogP contribution in [0.1, 0.15) is 6.42 Å². The van der Waals surface area contributed by atoms with Crippen LogP contribution in [0.3, 0.4) is 0 Å². The topological polar surface area (TPSA) is 60.9 Å². The minimum absolute atomic E-state index is 0.222. The molecule has 2 aromatic rings. The predicted molar refractivity (Wildman–Crippen MR) is 61.1 cm³/mol. The Morgan fingerprint density at radius 1 is 1.33 bits per heavy atom. The lowest BCUT2D eigenvalue weighted by Crippen LogP contribution is -2.23. The molecule has 1 aromatic heterocycles. The quantitative estimate of drug-likeness (QED) is 0.836. The second-order valence-electron chi connectivity index (χ2n) is 3.88. The Bertz CT molecular complexity index is 633. The summed E-state index contributed by atoms with van der Waals surface area (Å²) in [4.78, 5) is 15.8. The molecule has 18 heavy (non-hydrogen) atoms. The molecule has 0 radical (unpaired) electrons. The molecule has 0 spiro atoms. The van der Waals surface area contributed by atoms with E-state index >= 15 is 0 Å². The van der Waals surface area contributed by atoms with Crippen molar-refractivity contribution in [2.45, 2.75) is 19.1 Å². The fraction of sp³-hybridized carbons (Fsp3) is 0.273. The number of anilines is 1. The third-order valence-electron chi connectivity index (χ3n) is 2.48. The average Bonchev–Trinajstić information content (AvgIpc) is 2.28. The van der Waals surface area contributed by atoms with Crippen molar-refractivity contribution in [3.8, 4) is 0 Å². The molecule has 0 fully saturated rings. The minimum atomic E-state index is -4.30. The number of nitrogens with zero attached hydrogens (tertiary/aromatic N) is 2. The van der Waals surface area contributed by atoms with Gasteiger partial charge in [0.25, 0.3) is 5.56 Å². The van der Waals surface area contributed by atoms with Gasteiger partial charge in [-0.05, 0) is 18.2 Å². The SMILES string of the molecule is Nc1ccc2ncn(CCC(F)(F)F)c(=O)c2c1. The lowest BCUT2D eigenvalue weighted by molar-refractivity contribution is -0.136. The molecule has 0 aliphatic carbocycles. The molecule has 0 saturated heterocycles. The number of nitrogens with two attached hydrogens (primary N) is 1. The van der Waals surface area contributed by atoms with Crippen LogP contribution in [-0.2, 0) is 6.54 Å². The molecular formula is C11H10F3N3O. The Balaban J connectivity index is 2.41. The second-order valence-corrected chi connectivity index (χ2v) is 3.88. The number of rotatable bonds is 2. The zero-order valence-electron chi connectivity index (χ0n) is 9.24. The Hall–Kier alpha value is -2.05. The molecule has 0 atom stereocenters. The highest BCUT2D eigenvalue weighted by atomic mass is 19.4. The number of fused-ring (bicyclic) bond motifs is 1. The highest BCUT2D eigenvalue weighted by Gasteiger charge is 2.26. The predicted octanol–water partition coefficient (Wildman–Crippen LogP) is 1.93. The van der Waals surface area contributed by atoms with Crippen LogP contribution < -0.4 is 11.3 Å². The van der Waals surface area contributed by atoms with Gasteiger partial charge in [-0.3, -0.25) is 9.36 Å². The van der Waals surface area contributed by atoms with Gasteiger partial charge in [0.1, 0.15) is 0 Å². The molecule has 0 aliphatic heterocycles. The summed E-state index contributed by atoms with van der Waals surface area (Å²) in [5.74, 6) is 0. The van der Waals surface area contributed by atoms with Crippen molar-refractivity contribution in [2.75, 3.05) is 5.73 Å². The number of hydrogen-bond acceptors (Lipinski definition) is 3. The lowest BCUT2D eigenvalue weighted by atomic mass is 10.2. The fourth-order valence-electron chi connectivity index (χ4n) is 1.58. The number of benzene rings is 1. The van der Waals surface area contributed by atoms with Crippen LogP contribution in [0.4, 0.5) is 18.9 Å². The van der Waals surface area contributed by atoms with Crippen molar-refractivity contribution in [3.63, 3.8) is 0 Å². The summed E-state index contributed by atoms with van der Waals surface area (Å²) in [5, 5.41) is 0.222. The first-order chi connectivity index (χ1) is 8.37. The lowest BCUT2D eigenvalue weighted by Gasteiger charge is -2.09. The van der Waals surface area contributed by atoms with Crippen LogP contribution in [-0.4, -0.2) is 15.7 Å². The smallest absolute Gasteiger partial charge is 0.390 e. The van der Waals surface area contributed by atoms with Gasteiger partial charge >= 0.3 is 6.18 Å². The van der Waals surface area contributed by atoms with Crippen LogP contribution in [0, 0.1) is 0 Å². The molecule has 96 valence electrons. The average molecular weight is 257 g/mol. The van der Waals surface area contributed by atoms with Gasteiger partial charge in [-0.15, -0.1) is 0 Å². The van der Waals surface area contributed by atoms with E-state index in [1.54, 1.807) is 12.1 Å². The van der Waals surface area contributed by atoms with Crippen molar-refractivity contribution in [1.82, 2.24) is 9.55 Å². The first-order valence-electron chi connectivity index (χ1n) is 5.18. The van der Waals surface area contributed by atoms with Gasteiger partial charge in [-0.2, -0.15) is 13.2 Å². The maximum Gasteiger partial charge on any atom is 0.390 e. The third-order valence-corrected chi connectivity index (χ3v) is 2.48. The zero-order valence-corrected chi connectivity index (χ0v) is 9.24. The number of nitrogen functional groups attached to an aromatic ring is 1. The summed E-state index contributed by atoms with van der Waals surface area (Å²) in [5.41, 5.74) is 5.80. The molecule has 0 bridgehead atoms. The van der Waals surface area contributed by atoms with E-state index in [2.05, 4.69) is 4.98 Å². The highest BCUT2D eigenvalue weighted by molar-refractivity contribution is 5.80. The number of alkyl halides is 3. The van der Waals surface area contributed by atoms with Crippen LogP contribution >= 0.6 is 0 Å². The molecule has 2 N–H and O–H groups in total. The first-order valence-corrected chi connectivity index (χ1v) is 5.18. The molecule has 0 saturated carbocycles. The number of aryl methyl sites for hydroxylation is 1. The number of hydrogen-bond donors (Lipinski definition) is 1. The van der Waals surface area contributed by atoms with E-state index in [1.165, 1.54) is 6.07 Å². The van der Waals surface area contributed by atoms with Crippen LogP contribution in [0.5, 0.6) is 0 Å². The molecule has 1 aromatic carbocycles. The monoisotopic (exact) mass is 257 g/mol. The molecule has 0 aliphatic rings. The molecule has 7 heteroatoms. The minimum Gasteiger partial charge on any atom is -0.399 e. The van der Waals surface area contributed by atoms with E-state index in [-0.39, 0.29) is 5.39 Å². The van der Waals surface area contributed by atoms with Crippen LogP contribution in [0.25, 0.3) is 10.9 Å². The Morgan fingerprint density at radius 3 is 2.72 bits per heavy atom. The van der Waals surface area contributed by atoms with Crippen molar-refractivity contribution in [2.24, 2.45) is 0 Å². The largest absolute Gasteiger partial charge is 0.399 e. The van der Waals surface area contributed by atoms with Gasteiger partial charge < -0.3 is 5.73 Å². The van der Waals surface area contributed by atoms with Crippen LogP contribution in [0.2, 0.25) is 0 Å². The third kappa shape index (κ3) is 2.61. The van der Waals surface area contributed by atoms with Crippen molar-refractivity contribution in [3.05, 3.63) is 34.9 Å². The summed E-state index contributed by atoms with van der Waals surface area (Å²) < 4.78 is 37.2. The molecule has 2 rings (SSSR count). The van der Waals surface area contributed by atoms with Gasteiger partial charge in [0, 0.05) is 12.2 Å². The summed E-state index contributed by atoms with van der Waals surface area (Å²) in [6.45, 7) is -0.444. The number of halogens is 3. The van der Waals surface area contributed by atoms with Gasteiger partial charge in [0.05, 0.1) is 23.7 Å². The Morgan fingerprint density at radius 2 is 2.06 bits per heavy atom. The summed E-state index contributed by atoms with van der Waals surface area (Å²) in [6, 6.07) is 4.55. The normalized spacial score (nSPS) is 11.9. The second kappa shape index (κ2) is 4.32. The van der Waals surface area contributed by atoms with E-state index in [1.807, 2.05) is 0 Å². The maximum absolute atomic E-state index is 12.1. The standard InChI is InChI=1S/C11H10F3N3O/c12-11(13,14)3-4-17-6-16-9-2-1-7(15)5-8(9)10(17)18/h1-2,5-6H,3-4,15H2.